The predicted molar refractivity (Wildman–Crippen MR) is 99.1 cm³/mol. The Bertz CT molecular complexity index is 851. The maximum Gasteiger partial charge on any atom is 0.225 e. The number of nitrogens with one attached hydrogen (secondary N) is 2. The Morgan fingerprint density at radius 2 is 2.00 bits per heavy atom. The van der Waals surface area contributed by atoms with Gasteiger partial charge in [0.25, 0.3) is 0 Å². The third-order valence-electron chi connectivity index (χ3n) is 4.11. The van der Waals surface area contributed by atoms with Crippen LogP contribution in [-0.4, -0.2) is 17.0 Å². The van der Waals surface area contributed by atoms with Gasteiger partial charge in [-0.3, -0.25) is 4.79 Å². The van der Waals surface area contributed by atoms with Crippen molar-refractivity contribution in [3.63, 3.8) is 0 Å². The number of carbonyl (C=O) groups excluding carboxylic acids is 1. The summed E-state index contributed by atoms with van der Waals surface area (Å²) in [6.45, 7) is 3.44. The molecule has 124 valence electrons. The van der Waals surface area contributed by atoms with Crippen LogP contribution in [0.15, 0.2) is 54.7 Å². The number of amides is 1. The molecule has 0 aliphatic heterocycles. The topological polar surface area (TPSA) is 46.1 Å². The summed E-state index contributed by atoms with van der Waals surface area (Å²) < 4.78 is 2.11. The normalized spacial score (nSPS) is 10.9. The van der Waals surface area contributed by atoms with Crippen LogP contribution >= 0.6 is 0 Å². The summed E-state index contributed by atoms with van der Waals surface area (Å²) in [6.07, 6.45) is 2.53. The highest BCUT2D eigenvalue weighted by Crippen LogP contribution is 2.16. The van der Waals surface area contributed by atoms with Gasteiger partial charge in [-0.1, -0.05) is 18.2 Å². The van der Waals surface area contributed by atoms with Gasteiger partial charge in [0.2, 0.25) is 5.91 Å². The number of aryl methyl sites for hydroxylation is 2. The number of hydrogen-bond acceptors (Lipinski definition) is 2. The first-order valence-electron chi connectivity index (χ1n) is 8.23. The van der Waals surface area contributed by atoms with Gasteiger partial charge in [0.15, 0.2) is 0 Å². The number of aromatic nitrogens is 1. The van der Waals surface area contributed by atoms with E-state index in [1.54, 1.807) is 0 Å². The molecule has 0 spiro atoms. The first kappa shape index (κ1) is 16.3. The highest BCUT2D eigenvalue weighted by Gasteiger charge is 2.03. The number of anilines is 1. The van der Waals surface area contributed by atoms with E-state index in [1.807, 2.05) is 38.2 Å². The van der Waals surface area contributed by atoms with E-state index >= 15 is 0 Å². The first-order chi connectivity index (χ1) is 11.6. The van der Waals surface area contributed by atoms with Crippen LogP contribution in [0.2, 0.25) is 0 Å². The van der Waals surface area contributed by atoms with Crippen molar-refractivity contribution in [1.82, 2.24) is 9.88 Å². The zero-order valence-corrected chi connectivity index (χ0v) is 14.2. The van der Waals surface area contributed by atoms with Gasteiger partial charge in [-0.2, -0.15) is 0 Å². The average Bonchev–Trinajstić information content (AvgIpc) is 2.92. The lowest BCUT2D eigenvalue weighted by Gasteiger charge is -2.08. The molecule has 0 bridgehead atoms. The van der Waals surface area contributed by atoms with Crippen LogP contribution < -0.4 is 10.6 Å². The van der Waals surface area contributed by atoms with Gasteiger partial charge < -0.3 is 15.2 Å². The van der Waals surface area contributed by atoms with E-state index in [4.69, 9.17) is 0 Å². The van der Waals surface area contributed by atoms with E-state index in [2.05, 4.69) is 45.7 Å². The van der Waals surface area contributed by atoms with E-state index in [0.29, 0.717) is 13.0 Å². The summed E-state index contributed by atoms with van der Waals surface area (Å²) >= 11 is 0. The van der Waals surface area contributed by atoms with Crippen LogP contribution in [-0.2, 0) is 18.4 Å². The molecule has 1 heterocycles. The molecular formula is C20H23N3O. The second-order valence-electron chi connectivity index (χ2n) is 6.16. The van der Waals surface area contributed by atoms with Crippen LogP contribution in [0.1, 0.15) is 17.5 Å². The van der Waals surface area contributed by atoms with Crippen molar-refractivity contribution in [3.8, 4) is 0 Å². The van der Waals surface area contributed by atoms with Crippen molar-refractivity contribution >= 4 is 22.5 Å². The highest BCUT2D eigenvalue weighted by molar-refractivity contribution is 5.90. The molecule has 2 N–H and O–H groups in total. The summed E-state index contributed by atoms with van der Waals surface area (Å²) in [5.41, 5.74) is 4.46. The zero-order chi connectivity index (χ0) is 16.9. The van der Waals surface area contributed by atoms with Gasteiger partial charge in [0.1, 0.15) is 0 Å². The van der Waals surface area contributed by atoms with E-state index in [1.165, 1.54) is 16.5 Å². The van der Waals surface area contributed by atoms with E-state index in [0.717, 1.165) is 17.8 Å². The second kappa shape index (κ2) is 7.32. The molecule has 0 atom stereocenters. The Hall–Kier alpha value is -2.59. The molecule has 24 heavy (non-hydrogen) atoms. The van der Waals surface area contributed by atoms with E-state index in [-0.39, 0.29) is 5.91 Å². The smallest absolute Gasteiger partial charge is 0.225 e. The van der Waals surface area contributed by atoms with Crippen LogP contribution in [0.4, 0.5) is 5.69 Å². The summed E-state index contributed by atoms with van der Waals surface area (Å²) in [7, 11) is 2.05. The maximum absolute atomic E-state index is 12.0. The molecule has 0 radical (unpaired) electrons. The van der Waals surface area contributed by atoms with Crippen LogP contribution in [0.5, 0.6) is 0 Å². The monoisotopic (exact) mass is 321 g/mol. The molecule has 0 unspecified atom stereocenters. The van der Waals surface area contributed by atoms with Gasteiger partial charge in [0, 0.05) is 44.0 Å². The predicted octanol–water partition coefficient (Wildman–Crippen LogP) is 3.61. The minimum atomic E-state index is 0.0339. The summed E-state index contributed by atoms with van der Waals surface area (Å²) in [5.74, 6) is 0.0339. The molecule has 3 aromatic rings. The van der Waals surface area contributed by atoms with Gasteiger partial charge in [-0.05, 0) is 53.8 Å². The molecule has 4 nitrogen and oxygen atoms in total. The van der Waals surface area contributed by atoms with Crippen molar-refractivity contribution in [2.24, 2.45) is 7.05 Å². The summed E-state index contributed by atoms with van der Waals surface area (Å²) in [6, 6.07) is 16.4. The molecule has 4 heteroatoms. The lowest BCUT2D eigenvalue weighted by molar-refractivity contribution is -0.116. The quantitative estimate of drug-likeness (QED) is 0.681. The fraction of sp³-hybridized carbons (Fsp3) is 0.250. The molecule has 0 saturated heterocycles. The number of benzene rings is 2. The molecule has 1 amide bonds. The minimum absolute atomic E-state index is 0.0339. The van der Waals surface area contributed by atoms with Crippen molar-refractivity contribution in [3.05, 3.63) is 65.9 Å². The summed E-state index contributed by atoms with van der Waals surface area (Å²) in [4.78, 5) is 12.0. The SMILES string of the molecule is Cc1cccc(NC(=O)CCNCc2ccc3c(ccn3C)c2)c1. The molecule has 0 fully saturated rings. The molecule has 0 saturated carbocycles. The lowest BCUT2D eigenvalue weighted by atomic mass is 10.1. The molecule has 0 aliphatic carbocycles. The number of fused-ring (bicyclic) bond motifs is 1. The molecule has 0 aliphatic rings. The lowest BCUT2D eigenvalue weighted by Crippen LogP contribution is -2.21. The van der Waals surface area contributed by atoms with Crippen LogP contribution in [0.25, 0.3) is 10.9 Å². The number of nitrogens with zero attached hydrogens (tertiary/aromatic N) is 1. The maximum atomic E-state index is 12.0. The number of carbonyl (C=O) groups is 1. The third-order valence-corrected chi connectivity index (χ3v) is 4.11. The molecule has 1 aromatic heterocycles. The van der Waals surface area contributed by atoms with Gasteiger partial charge >= 0.3 is 0 Å². The van der Waals surface area contributed by atoms with Crippen molar-refractivity contribution in [2.75, 3.05) is 11.9 Å². The molecule has 3 rings (SSSR count). The third kappa shape index (κ3) is 4.03. The Morgan fingerprint density at radius 1 is 1.12 bits per heavy atom. The fourth-order valence-electron chi connectivity index (χ4n) is 2.82. The average molecular weight is 321 g/mol. The Balaban J connectivity index is 1.45. The van der Waals surface area contributed by atoms with E-state index < -0.39 is 0 Å². The Labute approximate surface area is 142 Å². The van der Waals surface area contributed by atoms with Crippen molar-refractivity contribution in [1.29, 1.82) is 0 Å². The van der Waals surface area contributed by atoms with Gasteiger partial charge in [-0.25, -0.2) is 0 Å². The molecular weight excluding hydrogens is 298 g/mol. The molecule has 2 aromatic carbocycles. The minimum Gasteiger partial charge on any atom is -0.351 e. The van der Waals surface area contributed by atoms with Crippen molar-refractivity contribution in [2.45, 2.75) is 19.9 Å². The van der Waals surface area contributed by atoms with Gasteiger partial charge in [0.05, 0.1) is 0 Å². The Morgan fingerprint density at radius 3 is 2.83 bits per heavy atom. The standard InChI is InChI=1S/C20H23N3O/c1-15-4-3-5-18(12-15)22-20(24)8-10-21-14-16-6-7-19-17(13-16)9-11-23(19)2/h3-7,9,11-13,21H,8,10,14H2,1-2H3,(H,22,24). The number of rotatable bonds is 6. The number of hydrogen-bond donors (Lipinski definition) is 2. The van der Waals surface area contributed by atoms with Gasteiger partial charge in [-0.15, -0.1) is 0 Å². The second-order valence-corrected chi connectivity index (χ2v) is 6.16. The van der Waals surface area contributed by atoms with Crippen LogP contribution in [0, 0.1) is 6.92 Å². The largest absolute Gasteiger partial charge is 0.351 e. The first-order valence-corrected chi connectivity index (χ1v) is 8.23. The van der Waals surface area contributed by atoms with Crippen LogP contribution in [0.3, 0.4) is 0 Å². The van der Waals surface area contributed by atoms with Crippen molar-refractivity contribution < 1.29 is 4.79 Å². The zero-order valence-electron chi connectivity index (χ0n) is 14.2. The Kier molecular flexibility index (Phi) is 4.96. The summed E-state index contributed by atoms with van der Waals surface area (Å²) in [5, 5.41) is 7.50. The highest BCUT2D eigenvalue weighted by atomic mass is 16.1. The van der Waals surface area contributed by atoms with E-state index in [9.17, 15) is 4.79 Å². The fourth-order valence-corrected chi connectivity index (χ4v) is 2.82.